The van der Waals surface area contributed by atoms with Crippen molar-refractivity contribution in [3.63, 3.8) is 0 Å². The van der Waals surface area contributed by atoms with Gasteiger partial charge in [-0.05, 0) is 68.2 Å². The average molecular weight is 563 g/mol. The van der Waals surface area contributed by atoms with Gasteiger partial charge in [0.05, 0.1) is 32.7 Å². The monoisotopic (exact) mass is 562 g/mol. The lowest BCUT2D eigenvalue weighted by Gasteiger charge is -2.15. The van der Waals surface area contributed by atoms with Gasteiger partial charge in [0.1, 0.15) is 0 Å². The first-order chi connectivity index (χ1) is 18.4. The number of rotatable bonds is 9. The molecule has 0 unspecified atom stereocenters. The molecule has 0 saturated heterocycles. The third-order valence-corrected chi connectivity index (χ3v) is 9.10. The lowest BCUT2D eigenvalue weighted by molar-refractivity contribution is 0.0859. The summed E-state index contributed by atoms with van der Waals surface area (Å²) in [4.78, 5) is 29.7. The predicted molar refractivity (Wildman–Crippen MR) is 166 cm³/mol. The van der Waals surface area contributed by atoms with Crippen molar-refractivity contribution < 1.29 is 14.3 Å². The minimum absolute atomic E-state index is 0.0597. The number of ether oxygens (including phenoxy) is 1. The van der Waals surface area contributed by atoms with E-state index in [0.717, 1.165) is 49.4 Å². The lowest BCUT2D eigenvalue weighted by Crippen LogP contribution is -2.18. The van der Waals surface area contributed by atoms with Crippen molar-refractivity contribution in [3.8, 4) is 0 Å². The molecule has 4 aromatic heterocycles. The van der Waals surface area contributed by atoms with Crippen LogP contribution < -0.4 is 0 Å². The van der Waals surface area contributed by atoms with Crippen LogP contribution in [-0.2, 0) is 11.2 Å². The molecular weight excluding hydrogens is 524 g/mol. The normalized spacial score (nSPS) is 13.0. The fourth-order valence-electron chi connectivity index (χ4n) is 4.71. The predicted octanol–water partition coefficient (Wildman–Crippen LogP) is 8.70. The summed E-state index contributed by atoms with van der Waals surface area (Å²) in [6.45, 7) is 18.9. The summed E-state index contributed by atoms with van der Waals surface area (Å²) in [6, 6.07) is 8.33. The Morgan fingerprint density at radius 3 is 2.26 bits per heavy atom. The fraction of sp³-hybridized carbons (Fsp3) is 0.375. The molecule has 0 aliphatic heterocycles. The van der Waals surface area contributed by atoms with Gasteiger partial charge in [0.2, 0.25) is 5.91 Å². The molecule has 4 heterocycles. The number of carbonyl (C=O) groups is 2. The van der Waals surface area contributed by atoms with Crippen LogP contribution in [0.1, 0.15) is 65.3 Å². The molecule has 0 atom stereocenters. The van der Waals surface area contributed by atoms with Crippen molar-refractivity contribution in [3.05, 3.63) is 75.3 Å². The number of thiophene rings is 2. The molecule has 4 rings (SSSR count). The number of fused-ring (bicyclic) bond motifs is 2. The second kappa shape index (κ2) is 11.6. The van der Waals surface area contributed by atoms with E-state index in [1.165, 1.54) is 9.75 Å². The van der Waals surface area contributed by atoms with Crippen LogP contribution in [0.2, 0.25) is 0 Å². The number of aryl methyl sites for hydroxylation is 2. The fourth-order valence-corrected chi connectivity index (χ4v) is 6.77. The molecule has 0 radical (unpaired) electrons. The van der Waals surface area contributed by atoms with Gasteiger partial charge in [-0.2, -0.15) is 0 Å². The standard InChI is InChI=1S/C32H38N2O3S2/c1-18(2)23(8)25(32(36)33-21(6)14-29-28(33)16-24(39-29)12-13-37-9)11-10-20(5)26-17-30-27(15-22(7)38-30)34(26)31(35)19(3)4/h10-11,14-19H,8,12-13H2,1-7,9H3/b20-10+,25-11+. The minimum Gasteiger partial charge on any atom is -0.384 e. The van der Waals surface area contributed by atoms with E-state index in [0.29, 0.717) is 12.2 Å². The molecule has 0 N–H and O–H groups in total. The highest BCUT2D eigenvalue weighted by atomic mass is 32.1. The van der Waals surface area contributed by atoms with Crippen molar-refractivity contribution in [2.75, 3.05) is 13.7 Å². The van der Waals surface area contributed by atoms with Crippen molar-refractivity contribution in [1.82, 2.24) is 9.13 Å². The molecule has 0 bridgehead atoms. The van der Waals surface area contributed by atoms with Gasteiger partial charge < -0.3 is 4.74 Å². The Kier molecular flexibility index (Phi) is 8.64. The maximum Gasteiger partial charge on any atom is 0.262 e. The minimum atomic E-state index is -0.140. The first-order valence-corrected chi connectivity index (χ1v) is 15.0. The van der Waals surface area contributed by atoms with Crippen LogP contribution in [0.4, 0.5) is 0 Å². The summed E-state index contributed by atoms with van der Waals surface area (Å²) < 4.78 is 11.1. The number of methoxy groups -OCH3 is 1. The highest BCUT2D eigenvalue weighted by Crippen LogP contribution is 2.34. The number of carbonyl (C=O) groups excluding carboxylic acids is 2. The van der Waals surface area contributed by atoms with E-state index < -0.39 is 0 Å². The molecular formula is C32H38N2O3S2. The Labute approximate surface area is 239 Å². The Balaban J connectivity index is 1.80. The van der Waals surface area contributed by atoms with Gasteiger partial charge in [-0.15, -0.1) is 22.7 Å². The Hall–Kier alpha value is -3.00. The van der Waals surface area contributed by atoms with E-state index in [4.69, 9.17) is 4.74 Å². The van der Waals surface area contributed by atoms with Crippen LogP contribution in [0.15, 0.2) is 54.1 Å². The summed E-state index contributed by atoms with van der Waals surface area (Å²) in [5.41, 5.74) is 5.88. The zero-order valence-corrected chi connectivity index (χ0v) is 25.8. The second-order valence-corrected chi connectivity index (χ2v) is 13.2. The van der Waals surface area contributed by atoms with Gasteiger partial charge in [0, 0.05) is 40.5 Å². The quantitative estimate of drug-likeness (QED) is 0.151. The van der Waals surface area contributed by atoms with Crippen LogP contribution in [0.25, 0.3) is 26.0 Å². The smallest absolute Gasteiger partial charge is 0.262 e. The molecule has 0 saturated carbocycles. The molecule has 0 aliphatic rings. The molecule has 0 aromatic carbocycles. The highest BCUT2D eigenvalue weighted by molar-refractivity contribution is 7.19. The van der Waals surface area contributed by atoms with Gasteiger partial charge in [-0.25, -0.2) is 0 Å². The van der Waals surface area contributed by atoms with Crippen molar-refractivity contribution in [2.24, 2.45) is 11.8 Å². The molecule has 0 fully saturated rings. The number of nitrogens with zero attached hydrogens (tertiary/aromatic N) is 2. The topological polar surface area (TPSA) is 53.2 Å². The van der Waals surface area contributed by atoms with E-state index >= 15 is 0 Å². The van der Waals surface area contributed by atoms with E-state index in [-0.39, 0.29) is 23.7 Å². The van der Waals surface area contributed by atoms with E-state index in [1.807, 2.05) is 44.4 Å². The van der Waals surface area contributed by atoms with E-state index in [2.05, 4.69) is 51.6 Å². The molecule has 0 spiro atoms. The molecule has 206 valence electrons. The highest BCUT2D eigenvalue weighted by Gasteiger charge is 2.23. The summed E-state index contributed by atoms with van der Waals surface area (Å²) in [7, 11) is 1.70. The van der Waals surface area contributed by atoms with E-state index in [9.17, 15) is 9.59 Å². The largest absolute Gasteiger partial charge is 0.384 e. The van der Waals surface area contributed by atoms with Crippen LogP contribution in [0, 0.1) is 25.7 Å². The van der Waals surface area contributed by atoms with E-state index in [1.54, 1.807) is 34.4 Å². The van der Waals surface area contributed by atoms with Gasteiger partial charge in [-0.1, -0.05) is 40.3 Å². The third-order valence-electron chi connectivity index (χ3n) is 6.99. The molecule has 0 amide bonds. The molecule has 5 nitrogen and oxygen atoms in total. The molecule has 0 aliphatic carbocycles. The summed E-state index contributed by atoms with van der Waals surface area (Å²) in [5, 5.41) is 0. The molecule has 7 heteroatoms. The number of allylic oxidation sites excluding steroid dienone is 5. The van der Waals surface area contributed by atoms with Crippen LogP contribution in [0.3, 0.4) is 0 Å². The lowest BCUT2D eigenvalue weighted by atomic mass is 9.95. The average Bonchev–Trinajstić information content (AvgIpc) is 3.59. The Morgan fingerprint density at radius 2 is 1.62 bits per heavy atom. The molecule has 39 heavy (non-hydrogen) atoms. The van der Waals surface area contributed by atoms with Crippen LogP contribution in [-0.4, -0.2) is 34.7 Å². The second-order valence-electron chi connectivity index (χ2n) is 10.7. The first-order valence-electron chi connectivity index (χ1n) is 13.3. The van der Waals surface area contributed by atoms with Gasteiger partial charge in [-0.3, -0.25) is 18.7 Å². The maximum atomic E-state index is 14.1. The van der Waals surface area contributed by atoms with Gasteiger partial charge in [0.25, 0.3) is 5.91 Å². The summed E-state index contributed by atoms with van der Waals surface area (Å²) in [5.74, 6) is -0.0740. The number of hydrogen-bond acceptors (Lipinski definition) is 5. The zero-order valence-electron chi connectivity index (χ0n) is 24.2. The van der Waals surface area contributed by atoms with Crippen molar-refractivity contribution in [1.29, 1.82) is 0 Å². The maximum absolute atomic E-state index is 14.1. The zero-order chi connectivity index (χ0) is 28.6. The van der Waals surface area contributed by atoms with Gasteiger partial charge in [0.15, 0.2) is 0 Å². The SMILES string of the molecule is C=C(/C(=C\C=C(/C)c1cc2sc(C)cc2n1C(=O)C(C)C)C(=O)n1c(C)cc2sc(CCOC)cc21)C(C)C. The molecule has 4 aromatic rings. The number of hydrogen-bond donors (Lipinski definition) is 0. The van der Waals surface area contributed by atoms with Crippen LogP contribution in [0.5, 0.6) is 0 Å². The summed E-state index contributed by atoms with van der Waals surface area (Å²) >= 11 is 3.39. The van der Waals surface area contributed by atoms with Crippen molar-refractivity contribution >= 4 is 60.5 Å². The Morgan fingerprint density at radius 1 is 0.949 bits per heavy atom. The summed E-state index contributed by atoms with van der Waals surface area (Å²) in [6.07, 6.45) is 4.64. The number of aromatic nitrogens is 2. The third kappa shape index (κ3) is 5.67. The van der Waals surface area contributed by atoms with Crippen molar-refractivity contribution in [2.45, 2.75) is 54.9 Å². The van der Waals surface area contributed by atoms with Gasteiger partial charge >= 0.3 is 0 Å². The Bertz CT molecular complexity index is 1630. The first kappa shape index (κ1) is 29.0. The van der Waals surface area contributed by atoms with Crippen LogP contribution >= 0.6 is 22.7 Å².